The van der Waals surface area contributed by atoms with Crippen LogP contribution in [0.4, 0.5) is 15.8 Å². The molecule has 3 rings (SSSR count). The van der Waals surface area contributed by atoms with Crippen LogP contribution in [0.25, 0.3) is 0 Å². The Morgan fingerprint density at radius 2 is 1.88 bits per heavy atom. The van der Waals surface area contributed by atoms with Crippen LogP contribution in [0.1, 0.15) is 5.56 Å². The summed E-state index contributed by atoms with van der Waals surface area (Å²) in [5.74, 6) is -0.740. The van der Waals surface area contributed by atoms with Gasteiger partial charge in [0.25, 0.3) is 0 Å². The summed E-state index contributed by atoms with van der Waals surface area (Å²) in [6.07, 6.45) is -0.0335. The maximum atomic E-state index is 13.7. The second kappa shape index (κ2) is 7.64. The highest BCUT2D eigenvalue weighted by Crippen LogP contribution is 2.20. The molecule has 24 heavy (non-hydrogen) atoms. The van der Waals surface area contributed by atoms with Crippen molar-refractivity contribution in [1.82, 2.24) is 0 Å². The van der Waals surface area contributed by atoms with Crippen molar-refractivity contribution in [2.45, 2.75) is 6.42 Å². The summed E-state index contributed by atoms with van der Waals surface area (Å²) < 4.78 is 19.1. The Hall–Kier alpha value is -2.11. The van der Waals surface area contributed by atoms with E-state index in [1.165, 1.54) is 12.1 Å². The lowest BCUT2D eigenvalue weighted by Crippen LogP contribution is -2.36. The first kappa shape index (κ1) is 16.7. The molecule has 1 aliphatic heterocycles. The Balaban J connectivity index is 1.59. The molecule has 0 saturated carbocycles. The van der Waals surface area contributed by atoms with Crippen molar-refractivity contribution in [2.75, 3.05) is 36.5 Å². The zero-order chi connectivity index (χ0) is 16.9. The second-order valence-corrected chi connectivity index (χ2v) is 6.04. The van der Waals surface area contributed by atoms with E-state index in [0.29, 0.717) is 16.3 Å². The van der Waals surface area contributed by atoms with Crippen LogP contribution >= 0.6 is 11.6 Å². The molecule has 1 fully saturated rings. The van der Waals surface area contributed by atoms with E-state index in [0.717, 1.165) is 32.0 Å². The number of carbonyl (C=O) groups excluding carboxylic acids is 1. The van der Waals surface area contributed by atoms with Gasteiger partial charge in [0.15, 0.2) is 0 Å². The third-order valence-corrected chi connectivity index (χ3v) is 4.13. The van der Waals surface area contributed by atoms with Crippen LogP contribution in [0.15, 0.2) is 42.5 Å². The minimum Gasteiger partial charge on any atom is -0.378 e. The van der Waals surface area contributed by atoms with Crippen molar-refractivity contribution in [3.05, 3.63) is 58.9 Å². The third kappa shape index (κ3) is 4.24. The fourth-order valence-electron chi connectivity index (χ4n) is 2.62. The number of benzene rings is 2. The highest BCUT2D eigenvalue weighted by atomic mass is 35.5. The number of anilines is 2. The fourth-order valence-corrected chi connectivity index (χ4v) is 2.78. The smallest absolute Gasteiger partial charge is 0.228 e. The average Bonchev–Trinajstić information content (AvgIpc) is 2.59. The van der Waals surface area contributed by atoms with Gasteiger partial charge in [-0.15, -0.1) is 0 Å². The molecule has 126 valence electrons. The zero-order valence-electron chi connectivity index (χ0n) is 13.1. The standard InChI is InChI=1S/C18H18ClFN2O2/c19-14-2-1-13(17(20)12-14)11-18(23)21-15-3-5-16(6-4-15)22-7-9-24-10-8-22/h1-6,12H,7-11H2,(H,21,23). The quantitative estimate of drug-likeness (QED) is 0.919. The lowest BCUT2D eigenvalue weighted by atomic mass is 10.1. The molecule has 1 N–H and O–H groups in total. The number of halogens is 2. The van der Waals surface area contributed by atoms with Gasteiger partial charge in [0, 0.05) is 29.5 Å². The molecule has 2 aromatic rings. The van der Waals surface area contributed by atoms with E-state index in [9.17, 15) is 9.18 Å². The van der Waals surface area contributed by atoms with Crippen LogP contribution in [-0.4, -0.2) is 32.2 Å². The number of rotatable bonds is 4. The fraction of sp³-hybridized carbons (Fsp3) is 0.278. The molecule has 1 heterocycles. The van der Waals surface area contributed by atoms with E-state index in [-0.39, 0.29) is 12.3 Å². The number of amides is 1. The normalized spacial score (nSPS) is 14.5. The Bertz CT molecular complexity index is 715. The molecule has 0 radical (unpaired) electrons. The molecule has 0 aliphatic carbocycles. The molecular weight excluding hydrogens is 331 g/mol. The second-order valence-electron chi connectivity index (χ2n) is 5.61. The summed E-state index contributed by atoms with van der Waals surface area (Å²) in [6.45, 7) is 3.18. The minimum atomic E-state index is -0.472. The highest BCUT2D eigenvalue weighted by Gasteiger charge is 2.12. The van der Waals surface area contributed by atoms with E-state index >= 15 is 0 Å². The van der Waals surface area contributed by atoms with Crippen LogP contribution in [0.2, 0.25) is 5.02 Å². The SMILES string of the molecule is O=C(Cc1ccc(Cl)cc1F)Nc1ccc(N2CCOCC2)cc1. The Labute approximate surface area is 145 Å². The van der Waals surface area contributed by atoms with Gasteiger partial charge in [-0.3, -0.25) is 4.79 Å². The number of nitrogens with one attached hydrogen (secondary N) is 1. The molecule has 0 aromatic heterocycles. The van der Waals surface area contributed by atoms with Crippen LogP contribution in [-0.2, 0) is 16.0 Å². The van der Waals surface area contributed by atoms with Crippen molar-refractivity contribution >= 4 is 28.9 Å². The van der Waals surface area contributed by atoms with E-state index < -0.39 is 5.82 Å². The van der Waals surface area contributed by atoms with Crippen LogP contribution in [0, 0.1) is 5.82 Å². The molecule has 0 atom stereocenters. The van der Waals surface area contributed by atoms with Crippen molar-refractivity contribution in [2.24, 2.45) is 0 Å². The molecular formula is C18H18ClFN2O2. The molecule has 6 heteroatoms. The molecule has 2 aromatic carbocycles. The highest BCUT2D eigenvalue weighted by molar-refractivity contribution is 6.30. The van der Waals surface area contributed by atoms with E-state index in [2.05, 4.69) is 10.2 Å². The lowest BCUT2D eigenvalue weighted by molar-refractivity contribution is -0.115. The Morgan fingerprint density at radius 3 is 2.54 bits per heavy atom. The van der Waals surface area contributed by atoms with E-state index in [1.807, 2.05) is 24.3 Å². The van der Waals surface area contributed by atoms with E-state index in [1.54, 1.807) is 6.07 Å². The number of hydrogen-bond donors (Lipinski definition) is 1. The van der Waals surface area contributed by atoms with Gasteiger partial charge in [0.05, 0.1) is 19.6 Å². The van der Waals surface area contributed by atoms with Gasteiger partial charge < -0.3 is 15.0 Å². The summed E-state index contributed by atoms with van der Waals surface area (Å²) in [7, 11) is 0. The number of carbonyl (C=O) groups is 1. The van der Waals surface area contributed by atoms with Crippen LogP contribution in [0.3, 0.4) is 0 Å². The lowest BCUT2D eigenvalue weighted by Gasteiger charge is -2.28. The summed E-state index contributed by atoms with van der Waals surface area (Å²) in [6, 6.07) is 11.9. The molecule has 1 aliphatic rings. The van der Waals surface area contributed by atoms with Gasteiger partial charge in [-0.1, -0.05) is 17.7 Å². The molecule has 4 nitrogen and oxygen atoms in total. The maximum Gasteiger partial charge on any atom is 0.228 e. The predicted octanol–water partition coefficient (Wildman–Crippen LogP) is 3.50. The monoisotopic (exact) mass is 348 g/mol. The number of hydrogen-bond acceptors (Lipinski definition) is 3. The van der Waals surface area contributed by atoms with Crippen molar-refractivity contribution in [3.8, 4) is 0 Å². The van der Waals surface area contributed by atoms with E-state index in [4.69, 9.17) is 16.3 Å². The average molecular weight is 349 g/mol. The number of nitrogens with zero attached hydrogens (tertiary/aromatic N) is 1. The topological polar surface area (TPSA) is 41.6 Å². The summed E-state index contributed by atoms with van der Waals surface area (Å²) in [5.41, 5.74) is 2.10. The summed E-state index contributed by atoms with van der Waals surface area (Å²) >= 11 is 5.71. The molecule has 0 unspecified atom stereocenters. The largest absolute Gasteiger partial charge is 0.378 e. The van der Waals surface area contributed by atoms with Crippen molar-refractivity contribution in [3.63, 3.8) is 0 Å². The van der Waals surface area contributed by atoms with Crippen LogP contribution < -0.4 is 10.2 Å². The zero-order valence-corrected chi connectivity index (χ0v) is 13.9. The summed E-state index contributed by atoms with van der Waals surface area (Å²) in [4.78, 5) is 14.3. The maximum absolute atomic E-state index is 13.7. The Morgan fingerprint density at radius 1 is 1.17 bits per heavy atom. The third-order valence-electron chi connectivity index (χ3n) is 3.89. The van der Waals surface area contributed by atoms with Gasteiger partial charge in [-0.05, 0) is 42.0 Å². The minimum absolute atomic E-state index is 0.0335. The van der Waals surface area contributed by atoms with Gasteiger partial charge in [-0.25, -0.2) is 4.39 Å². The van der Waals surface area contributed by atoms with Gasteiger partial charge >= 0.3 is 0 Å². The molecule has 0 spiro atoms. The van der Waals surface area contributed by atoms with Crippen LogP contribution in [0.5, 0.6) is 0 Å². The van der Waals surface area contributed by atoms with Gasteiger partial charge in [-0.2, -0.15) is 0 Å². The molecule has 1 saturated heterocycles. The number of morpholine rings is 1. The first-order chi connectivity index (χ1) is 11.6. The molecule has 0 bridgehead atoms. The molecule has 1 amide bonds. The summed E-state index contributed by atoms with van der Waals surface area (Å²) in [5, 5.41) is 3.10. The first-order valence-corrected chi connectivity index (χ1v) is 8.16. The van der Waals surface area contributed by atoms with Gasteiger partial charge in [0.2, 0.25) is 5.91 Å². The predicted molar refractivity (Wildman–Crippen MR) is 93.2 cm³/mol. The van der Waals surface area contributed by atoms with Crippen molar-refractivity contribution < 1.29 is 13.9 Å². The first-order valence-electron chi connectivity index (χ1n) is 7.78. The van der Waals surface area contributed by atoms with Gasteiger partial charge in [0.1, 0.15) is 5.82 Å². The Kier molecular flexibility index (Phi) is 5.33. The number of ether oxygens (including phenoxy) is 1. The van der Waals surface area contributed by atoms with Crippen molar-refractivity contribution in [1.29, 1.82) is 0 Å².